The molecule has 1 saturated heterocycles. The second-order valence-electron chi connectivity index (χ2n) is 8.15. The van der Waals surface area contributed by atoms with Crippen LogP contribution in [0.5, 0.6) is 5.75 Å². The lowest BCUT2D eigenvalue weighted by molar-refractivity contribution is -0.128. The molecule has 2 heterocycles. The van der Waals surface area contributed by atoms with Crippen molar-refractivity contribution in [1.82, 2.24) is 15.8 Å². The fourth-order valence-electron chi connectivity index (χ4n) is 3.83. The molecule has 4 rings (SSSR count). The van der Waals surface area contributed by atoms with Crippen LogP contribution in [0.25, 0.3) is 10.9 Å². The monoisotopic (exact) mass is 432 g/mol. The fourth-order valence-corrected chi connectivity index (χ4v) is 3.83. The predicted octanol–water partition coefficient (Wildman–Crippen LogP) is 3.68. The van der Waals surface area contributed by atoms with Gasteiger partial charge in [-0.05, 0) is 62.9 Å². The minimum atomic E-state index is -0.774. The Labute approximate surface area is 187 Å². The van der Waals surface area contributed by atoms with Gasteiger partial charge < -0.3 is 9.64 Å². The number of pyridine rings is 1. The molecular weight excluding hydrogens is 404 g/mol. The normalized spacial score (nSPS) is 14.3. The predicted molar refractivity (Wildman–Crippen MR) is 125 cm³/mol. The van der Waals surface area contributed by atoms with Crippen LogP contribution in [0.4, 0.5) is 5.82 Å². The molecule has 0 spiro atoms. The number of nitrogens with zero attached hydrogens (tertiary/aromatic N) is 2. The highest BCUT2D eigenvalue weighted by atomic mass is 16.5. The summed E-state index contributed by atoms with van der Waals surface area (Å²) in [5.74, 6) is 0.454. The van der Waals surface area contributed by atoms with Crippen molar-refractivity contribution >= 4 is 28.5 Å². The number of ether oxygens (including phenoxy) is 1. The Hall–Kier alpha value is -3.61. The van der Waals surface area contributed by atoms with Gasteiger partial charge in [-0.15, -0.1) is 0 Å². The van der Waals surface area contributed by atoms with E-state index in [0.29, 0.717) is 17.1 Å². The van der Waals surface area contributed by atoms with E-state index in [1.807, 2.05) is 62.4 Å². The lowest BCUT2D eigenvalue weighted by atomic mass is 10.1. The number of hydrogen-bond donors (Lipinski definition) is 2. The topological polar surface area (TPSA) is 83.6 Å². The Morgan fingerprint density at radius 3 is 2.56 bits per heavy atom. The summed E-state index contributed by atoms with van der Waals surface area (Å²) < 4.78 is 5.80. The third-order valence-electron chi connectivity index (χ3n) is 5.88. The maximum atomic E-state index is 13.0. The van der Waals surface area contributed by atoms with Crippen LogP contribution in [0.2, 0.25) is 0 Å². The van der Waals surface area contributed by atoms with Crippen LogP contribution in [-0.2, 0) is 4.79 Å². The summed E-state index contributed by atoms with van der Waals surface area (Å²) in [4.78, 5) is 32.4. The van der Waals surface area contributed by atoms with Gasteiger partial charge >= 0.3 is 0 Å². The second-order valence-corrected chi connectivity index (χ2v) is 8.15. The number of hydrazine groups is 1. The zero-order valence-corrected chi connectivity index (χ0v) is 18.6. The van der Waals surface area contributed by atoms with Gasteiger partial charge in [0.05, 0.1) is 11.1 Å². The maximum Gasteiger partial charge on any atom is 0.279 e. The van der Waals surface area contributed by atoms with Gasteiger partial charge in [-0.2, -0.15) is 0 Å². The number of anilines is 1. The minimum Gasteiger partial charge on any atom is -0.481 e. The van der Waals surface area contributed by atoms with E-state index >= 15 is 0 Å². The lowest BCUT2D eigenvalue weighted by Crippen LogP contribution is -2.47. The van der Waals surface area contributed by atoms with E-state index in [1.165, 1.54) is 0 Å². The number of nitrogens with one attached hydrogen (secondary N) is 2. The lowest BCUT2D eigenvalue weighted by Gasteiger charge is -2.21. The zero-order chi connectivity index (χ0) is 22.7. The van der Waals surface area contributed by atoms with Crippen molar-refractivity contribution in [3.8, 4) is 5.75 Å². The van der Waals surface area contributed by atoms with Crippen molar-refractivity contribution in [2.45, 2.75) is 39.7 Å². The third-order valence-corrected chi connectivity index (χ3v) is 5.88. The van der Waals surface area contributed by atoms with Crippen molar-refractivity contribution in [2.75, 3.05) is 18.0 Å². The average Bonchev–Trinajstić information content (AvgIpc) is 3.34. The first-order chi connectivity index (χ1) is 15.4. The van der Waals surface area contributed by atoms with Crippen molar-refractivity contribution in [1.29, 1.82) is 0 Å². The first-order valence-electron chi connectivity index (χ1n) is 10.9. The van der Waals surface area contributed by atoms with Crippen molar-refractivity contribution in [3.05, 3.63) is 65.2 Å². The van der Waals surface area contributed by atoms with Crippen LogP contribution in [0.15, 0.2) is 48.5 Å². The Bertz CT molecular complexity index is 1160. The number of amides is 2. The number of rotatable bonds is 5. The van der Waals surface area contributed by atoms with Gasteiger partial charge in [0.25, 0.3) is 11.8 Å². The largest absolute Gasteiger partial charge is 0.481 e. The highest BCUT2D eigenvalue weighted by Gasteiger charge is 2.23. The molecule has 0 aliphatic carbocycles. The molecule has 1 aliphatic heterocycles. The number of benzene rings is 2. The summed E-state index contributed by atoms with van der Waals surface area (Å²) in [5.41, 5.74) is 8.37. The molecule has 2 amide bonds. The van der Waals surface area contributed by atoms with E-state index in [-0.39, 0.29) is 0 Å². The van der Waals surface area contributed by atoms with Crippen LogP contribution in [0.3, 0.4) is 0 Å². The summed E-state index contributed by atoms with van der Waals surface area (Å²) in [5, 5.41) is 0.874. The molecule has 1 atom stereocenters. The SMILES string of the molecule is Cc1cccc(OC(C)C(=O)NNC(=O)c2cc3ccccc3nc2N2CCCC2)c1C. The molecular formula is C25H28N4O3. The summed E-state index contributed by atoms with van der Waals surface area (Å²) in [6.07, 6.45) is 1.36. The fraction of sp³-hybridized carbons (Fsp3) is 0.320. The first kappa shape index (κ1) is 21.6. The molecule has 1 unspecified atom stereocenters. The van der Waals surface area contributed by atoms with E-state index < -0.39 is 17.9 Å². The molecule has 0 bridgehead atoms. The summed E-state index contributed by atoms with van der Waals surface area (Å²) in [6, 6.07) is 15.2. The van der Waals surface area contributed by atoms with Crippen molar-refractivity contribution < 1.29 is 14.3 Å². The molecule has 7 heteroatoms. The molecule has 0 radical (unpaired) electrons. The Morgan fingerprint density at radius 1 is 1.03 bits per heavy atom. The quantitative estimate of drug-likeness (QED) is 0.601. The van der Waals surface area contributed by atoms with Crippen LogP contribution < -0.4 is 20.5 Å². The number of aromatic nitrogens is 1. The smallest absolute Gasteiger partial charge is 0.279 e. The van der Waals surface area contributed by atoms with E-state index in [4.69, 9.17) is 9.72 Å². The summed E-state index contributed by atoms with van der Waals surface area (Å²) >= 11 is 0. The maximum absolute atomic E-state index is 13.0. The molecule has 1 fully saturated rings. The number of aryl methyl sites for hydroxylation is 1. The standard InChI is InChI=1S/C25H28N4O3/c1-16-9-8-12-22(17(16)2)32-18(3)24(30)27-28-25(31)20-15-19-10-4-5-11-21(19)26-23(20)29-13-6-7-14-29/h4-5,8-12,15,18H,6-7,13-14H2,1-3H3,(H,27,30)(H,28,31). The number of fused-ring (bicyclic) bond motifs is 1. The van der Waals surface area contributed by atoms with Crippen molar-refractivity contribution in [3.63, 3.8) is 0 Å². The minimum absolute atomic E-state index is 0.405. The highest BCUT2D eigenvalue weighted by molar-refractivity contribution is 6.03. The van der Waals surface area contributed by atoms with Crippen LogP contribution >= 0.6 is 0 Å². The van der Waals surface area contributed by atoms with Crippen molar-refractivity contribution in [2.24, 2.45) is 0 Å². The number of hydrogen-bond acceptors (Lipinski definition) is 5. The molecule has 32 heavy (non-hydrogen) atoms. The molecule has 2 aromatic carbocycles. The molecule has 3 aromatic rings. The van der Waals surface area contributed by atoms with E-state index in [2.05, 4.69) is 15.8 Å². The molecule has 1 aliphatic rings. The number of carbonyl (C=O) groups is 2. The number of para-hydroxylation sites is 1. The van der Waals surface area contributed by atoms with Crippen LogP contribution in [-0.4, -0.2) is 36.0 Å². The van der Waals surface area contributed by atoms with E-state index in [1.54, 1.807) is 6.92 Å². The van der Waals surface area contributed by atoms with Gasteiger partial charge in [-0.1, -0.05) is 30.3 Å². The molecule has 1 aromatic heterocycles. The molecule has 0 saturated carbocycles. The zero-order valence-electron chi connectivity index (χ0n) is 18.6. The van der Waals surface area contributed by atoms with Gasteiger partial charge in [0.15, 0.2) is 6.10 Å². The summed E-state index contributed by atoms with van der Waals surface area (Å²) in [6.45, 7) is 7.31. The third kappa shape index (κ3) is 4.51. The van der Waals surface area contributed by atoms with Gasteiger partial charge in [0, 0.05) is 18.5 Å². The van der Waals surface area contributed by atoms with Gasteiger partial charge in [0.2, 0.25) is 0 Å². The van der Waals surface area contributed by atoms with Crippen LogP contribution in [0.1, 0.15) is 41.3 Å². The Kier molecular flexibility index (Phi) is 6.25. The van der Waals surface area contributed by atoms with Gasteiger partial charge in [-0.25, -0.2) is 4.98 Å². The van der Waals surface area contributed by atoms with E-state index in [9.17, 15) is 9.59 Å². The highest BCUT2D eigenvalue weighted by Crippen LogP contribution is 2.26. The second kappa shape index (κ2) is 9.26. The molecule has 2 N–H and O–H groups in total. The molecule has 7 nitrogen and oxygen atoms in total. The summed E-state index contributed by atoms with van der Waals surface area (Å²) in [7, 11) is 0. The van der Waals surface area contributed by atoms with Gasteiger partial charge in [0.1, 0.15) is 11.6 Å². The first-order valence-corrected chi connectivity index (χ1v) is 10.9. The Balaban J connectivity index is 1.48. The van der Waals surface area contributed by atoms with Crippen LogP contribution in [0, 0.1) is 13.8 Å². The Morgan fingerprint density at radius 2 is 1.78 bits per heavy atom. The van der Waals surface area contributed by atoms with E-state index in [0.717, 1.165) is 48.0 Å². The number of carbonyl (C=O) groups excluding carboxylic acids is 2. The average molecular weight is 433 g/mol. The van der Waals surface area contributed by atoms with Gasteiger partial charge in [-0.3, -0.25) is 20.4 Å². The molecule has 166 valence electrons.